The molecule has 3 nitrogen and oxygen atoms in total. The third kappa shape index (κ3) is 4.35. The Bertz CT molecular complexity index is 1030. The first-order valence-corrected chi connectivity index (χ1v) is 12.3. The van der Waals surface area contributed by atoms with Crippen molar-refractivity contribution in [1.82, 2.24) is 0 Å². The predicted octanol–water partition coefficient (Wildman–Crippen LogP) is 5.67. The zero-order chi connectivity index (χ0) is 23.6. The van der Waals surface area contributed by atoms with Crippen LogP contribution in [0.5, 0.6) is 5.75 Å². The van der Waals surface area contributed by atoms with Crippen molar-refractivity contribution in [3.63, 3.8) is 0 Å². The summed E-state index contributed by atoms with van der Waals surface area (Å²) in [5.41, 5.74) is -0.00646. The van der Waals surface area contributed by atoms with E-state index < -0.39 is 5.60 Å². The average molecular weight is 465 g/mol. The largest absolute Gasteiger partial charge is 0.493 e. The van der Waals surface area contributed by atoms with Gasteiger partial charge in [-0.3, -0.25) is 0 Å². The quantitative estimate of drug-likeness (QED) is 0.344. The fourth-order valence-corrected chi connectivity index (χ4v) is 6.21. The number of hydrogen-bond donors (Lipinski definition) is 1. The molecule has 3 aromatic rings. The van der Waals surface area contributed by atoms with Gasteiger partial charge >= 0.3 is 0 Å². The first-order valence-electron chi connectivity index (χ1n) is 12.3. The number of piperidine rings is 3. The molecule has 1 N–H and O–H groups in total. The molecule has 0 radical (unpaired) electrons. The number of fused-ring (bicyclic) bond motifs is 3. The smallest absolute Gasteiger partial charge is 0.166 e. The number of aliphatic hydroxyl groups is 1. The number of ether oxygens (including phenoxy) is 1. The second kappa shape index (κ2) is 9.47. The third-order valence-electron chi connectivity index (χ3n) is 7.99. The minimum atomic E-state index is -1.33. The summed E-state index contributed by atoms with van der Waals surface area (Å²) in [5, 5.41) is 12.5. The van der Waals surface area contributed by atoms with Gasteiger partial charge in [0.15, 0.2) is 5.60 Å². The molecule has 1 unspecified atom stereocenters. The van der Waals surface area contributed by atoms with Crippen LogP contribution >= 0.6 is 0 Å². The van der Waals surface area contributed by atoms with Crippen molar-refractivity contribution in [2.75, 3.05) is 26.2 Å². The van der Waals surface area contributed by atoms with Crippen molar-refractivity contribution in [2.45, 2.75) is 37.3 Å². The summed E-state index contributed by atoms with van der Waals surface area (Å²) in [7, 11) is 0. The van der Waals surface area contributed by atoms with Gasteiger partial charge in [-0.2, -0.15) is 0 Å². The molecule has 3 saturated heterocycles. The van der Waals surface area contributed by atoms with E-state index in [0.29, 0.717) is 23.7 Å². The lowest BCUT2D eigenvalue weighted by Gasteiger charge is -2.59. The normalized spacial score (nSPS) is 24.2. The molecule has 0 amide bonds. The van der Waals surface area contributed by atoms with Gasteiger partial charge in [-0.05, 0) is 66.3 Å². The maximum atomic E-state index is 13.8. The number of quaternary nitrogens is 1. The standard InChI is InChI=1S/C29H32F2NO2/c30-25-11-7-23(8-12-25)29(33,24-9-13-26(31)14-10-24)28-21-22-15-18-32(28,19-16-22)17-4-20-34-27-5-2-1-3-6-27/h1-3,5-14,22,28,33H,4,15-21H2/q+1. The van der Waals surface area contributed by atoms with Crippen LogP contribution in [-0.4, -0.2) is 41.9 Å². The summed E-state index contributed by atoms with van der Waals surface area (Å²) >= 11 is 0. The molecular formula is C29H32F2NO2+. The topological polar surface area (TPSA) is 29.5 Å². The third-order valence-corrected chi connectivity index (χ3v) is 7.99. The fourth-order valence-electron chi connectivity index (χ4n) is 6.21. The SMILES string of the molecule is OC(c1ccc(F)cc1)(c1ccc(F)cc1)C1CC2CC[N+]1(CCCOc1ccccc1)CC2. The molecule has 178 valence electrons. The second-order valence-corrected chi connectivity index (χ2v) is 9.88. The Morgan fingerprint density at radius 1 is 0.824 bits per heavy atom. The number of benzene rings is 3. The lowest BCUT2D eigenvalue weighted by atomic mass is 9.69. The minimum absolute atomic E-state index is 0.0901. The molecule has 0 aliphatic carbocycles. The van der Waals surface area contributed by atoms with Crippen LogP contribution in [0.25, 0.3) is 0 Å². The highest BCUT2D eigenvalue weighted by atomic mass is 19.1. The molecule has 0 saturated carbocycles. The van der Waals surface area contributed by atoms with Gasteiger partial charge in [0.1, 0.15) is 23.4 Å². The number of nitrogens with zero attached hydrogens (tertiary/aromatic N) is 1. The molecule has 1 atom stereocenters. The molecule has 3 aliphatic rings. The van der Waals surface area contributed by atoms with E-state index in [2.05, 4.69) is 0 Å². The van der Waals surface area contributed by atoms with Crippen LogP contribution in [0, 0.1) is 17.6 Å². The molecule has 0 spiro atoms. The van der Waals surface area contributed by atoms with Crippen LogP contribution in [0.15, 0.2) is 78.9 Å². The molecular weight excluding hydrogens is 432 g/mol. The van der Waals surface area contributed by atoms with Crippen LogP contribution in [0.2, 0.25) is 0 Å². The van der Waals surface area contributed by atoms with Gasteiger partial charge in [-0.25, -0.2) is 8.78 Å². The maximum absolute atomic E-state index is 13.8. The van der Waals surface area contributed by atoms with Crippen molar-refractivity contribution in [1.29, 1.82) is 0 Å². The summed E-state index contributed by atoms with van der Waals surface area (Å²) in [4.78, 5) is 0. The Balaban J connectivity index is 1.46. The highest BCUT2D eigenvalue weighted by Gasteiger charge is 2.57. The molecule has 3 fully saturated rings. The van der Waals surface area contributed by atoms with Gasteiger partial charge in [0.2, 0.25) is 0 Å². The first kappa shape index (κ1) is 23.0. The van der Waals surface area contributed by atoms with E-state index in [0.717, 1.165) is 55.6 Å². The van der Waals surface area contributed by atoms with Crippen LogP contribution in [0.1, 0.15) is 36.8 Å². The Hall–Kier alpha value is -2.76. The Kier molecular flexibility index (Phi) is 6.41. The van der Waals surface area contributed by atoms with Crippen molar-refractivity contribution < 1.29 is 23.1 Å². The molecule has 2 bridgehead atoms. The van der Waals surface area contributed by atoms with Crippen molar-refractivity contribution in [2.24, 2.45) is 5.92 Å². The van der Waals surface area contributed by atoms with E-state index >= 15 is 0 Å². The van der Waals surface area contributed by atoms with E-state index in [4.69, 9.17) is 4.74 Å². The zero-order valence-corrected chi connectivity index (χ0v) is 19.4. The van der Waals surface area contributed by atoms with Crippen LogP contribution in [0.3, 0.4) is 0 Å². The Labute approximate surface area is 200 Å². The summed E-state index contributed by atoms with van der Waals surface area (Å²) < 4.78 is 34.4. The minimum Gasteiger partial charge on any atom is -0.493 e. The van der Waals surface area contributed by atoms with Crippen molar-refractivity contribution >= 4 is 0 Å². The highest BCUT2D eigenvalue weighted by molar-refractivity contribution is 5.38. The Morgan fingerprint density at radius 3 is 1.94 bits per heavy atom. The van der Waals surface area contributed by atoms with Crippen LogP contribution in [-0.2, 0) is 5.60 Å². The molecule has 6 rings (SSSR count). The highest BCUT2D eigenvalue weighted by Crippen LogP contribution is 2.48. The van der Waals surface area contributed by atoms with Crippen molar-refractivity contribution in [3.05, 3.63) is 102 Å². The molecule has 5 heteroatoms. The maximum Gasteiger partial charge on any atom is 0.166 e. The molecule has 3 aliphatic heterocycles. The predicted molar refractivity (Wildman–Crippen MR) is 128 cm³/mol. The van der Waals surface area contributed by atoms with Gasteiger partial charge in [0.05, 0.1) is 26.2 Å². The van der Waals surface area contributed by atoms with Gasteiger partial charge in [0, 0.05) is 12.8 Å². The zero-order valence-electron chi connectivity index (χ0n) is 19.4. The number of para-hydroxylation sites is 1. The lowest BCUT2D eigenvalue weighted by Crippen LogP contribution is -2.70. The Morgan fingerprint density at radius 2 is 1.38 bits per heavy atom. The number of hydrogen-bond acceptors (Lipinski definition) is 2. The average Bonchev–Trinajstić information content (AvgIpc) is 2.88. The monoisotopic (exact) mass is 464 g/mol. The van der Waals surface area contributed by atoms with Gasteiger partial charge in [0.25, 0.3) is 0 Å². The lowest BCUT2D eigenvalue weighted by molar-refractivity contribution is -0.973. The molecule has 0 aromatic heterocycles. The first-order chi connectivity index (χ1) is 16.5. The molecule has 3 heterocycles. The van der Waals surface area contributed by atoms with Crippen LogP contribution in [0.4, 0.5) is 8.78 Å². The van der Waals surface area contributed by atoms with Crippen molar-refractivity contribution in [3.8, 4) is 5.75 Å². The summed E-state index contributed by atoms with van der Waals surface area (Å²) in [6.07, 6.45) is 4.07. The summed E-state index contributed by atoms with van der Waals surface area (Å²) in [5.74, 6) is 0.763. The van der Waals surface area contributed by atoms with Gasteiger partial charge < -0.3 is 14.3 Å². The van der Waals surface area contributed by atoms with E-state index in [-0.39, 0.29) is 17.7 Å². The van der Waals surface area contributed by atoms with E-state index in [1.165, 1.54) is 24.3 Å². The van der Waals surface area contributed by atoms with Gasteiger partial charge in [-0.1, -0.05) is 42.5 Å². The fraction of sp³-hybridized carbons (Fsp3) is 0.379. The number of halogens is 2. The van der Waals surface area contributed by atoms with Crippen LogP contribution < -0.4 is 4.74 Å². The van der Waals surface area contributed by atoms with E-state index in [1.807, 2.05) is 30.3 Å². The summed E-state index contributed by atoms with van der Waals surface area (Å²) in [6.45, 7) is 3.53. The van der Waals surface area contributed by atoms with E-state index in [9.17, 15) is 13.9 Å². The number of rotatable bonds is 8. The van der Waals surface area contributed by atoms with E-state index in [1.54, 1.807) is 24.3 Å². The second-order valence-electron chi connectivity index (χ2n) is 9.88. The molecule has 34 heavy (non-hydrogen) atoms. The summed E-state index contributed by atoms with van der Waals surface area (Å²) in [6, 6.07) is 22.1. The molecule has 3 aromatic carbocycles. The van der Waals surface area contributed by atoms with Gasteiger partial charge in [-0.15, -0.1) is 0 Å².